The van der Waals surface area contributed by atoms with Crippen molar-refractivity contribution in [2.75, 3.05) is 13.1 Å². The molecular weight excluding hydrogens is 255 g/mol. The minimum Gasteiger partial charge on any atom is -0.327 e. The Morgan fingerprint density at radius 3 is 2.59 bits per heavy atom. The number of nitrogens with one attached hydrogen (secondary N) is 1. The standard InChI is InChI=1S/C13H18Cl2N2/c14-11-2-1-9(7-12(11)15)8-13(16)10-3-5-17-6-4-10/h1-2,7,10,13,17H,3-6,8,16H2. The summed E-state index contributed by atoms with van der Waals surface area (Å²) in [6, 6.07) is 5.99. The van der Waals surface area contributed by atoms with Crippen molar-refractivity contribution in [1.82, 2.24) is 5.32 Å². The van der Waals surface area contributed by atoms with Gasteiger partial charge in [0, 0.05) is 6.04 Å². The third-order valence-corrected chi connectivity index (χ3v) is 4.18. The zero-order valence-electron chi connectivity index (χ0n) is 9.76. The Balaban J connectivity index is 1.96. The van der Waals surface area contributed by atoms with Crippen LogP contribution in [0.15, 0.2) is 18.2 Å². The van der Waals surface area contributed by atoms with E-state index in [-0.39, 0.29) is 6.04 Å². The lowest BCUT2D eigenvalue weighted by Crippen LogP contribution is -2.39. The number of halogens is 2. The minimum absolute atomic E-state index is 0.217. The zero-order valence-corrected chi connectivity index (χ0v) is 11.3. The lowest BCUT2D eigenvalue weighted by atomic mass is 9.87. The maximum absolute atomic E-state index is 6.26. The fourth-order valence-electron chi connectivity index (χ4n) is 2.38. The van der Waals surface area contributed by atoms with E-state index in [9.17, 15) is 0 Å². The minimum atomic E-state index is 0.217. The van der Waals surface area contributed by atoms with E-state index in [1.807, 2.05) is 18.2 Å². The van der Waals surface area contributed by atoms with Crippen LogP contribution in [0.5, 0.6) is 0 Å². The molecule has 1 aliphatic heterocycles. The average Bonchev–Trinajstić information content (AvgIpc) is 2.35. The van der Waals surface area contributed by atoms with Gasteiger partial charge in [0.1, 0.15) is 0 Å². The van der Waals surface area contributed by atoms with Gasteiger partial charge in [-0.05, 0) is 56.0 Å². The fraction of sp³-hybridized carbons (Fsp3) is 0.538. The Hall–Kier alpha value is -0.280. The van der Waals surface area contributed by atoms with Crippen LogP contribution in [0.2, 0.25) is 10.0 Å². The number of rotatable bonds is 3. The van der Waals surface area contributed by atoms with Crippen LogP contribution in [0, 0.1) is 5.92 Å². The summed E-state index contributed by atoms with van der Waals surface area (Å²) in [4.78, 5) is 0. The Kier molecular flexibility index (Phi) is 4.69. The molecule has 1 aromatic rings. The van der Waals surface area contributed by atoms with E-state index in [2.05, 4.69) is 5.32 Å². The van der Waals surface area contributed by atoms with E-state index < -0.39 is 0 Å². The molecular formula is C13H18Cl2N2. The highest BCUT2D eigenvalue weighted by Crippen LogP contribution is 2.24. The zero-order chi connectivity index (χ0) is 12.3. The van der Waals surface area contributed by atoms with Gasteiger partial charge in [-0.25, -0.2) is 0 Å². The molecule has 1 fully saturated rings. The van der Waals surface area contributed by atoms with Crippen LogP contribution in [-0.2, 0) is 6.42 Å². The highest BCUT2D eigenvalue weighted by atomic mass is 35.5. The molecule has 2 nitrogen and oxygen atoms in total. The Bertz CT molecular complexity index is 376. The molecule has 0 aliphatic carbocycles. The number of benzene rings is 1. The molecule has 2 rings (SSSR count). The molecule has 3 N–H and O–H groups in total. The fourth-order valence-corrected chi connectivity index (χ4v) is 2.70. The highest BCUT2D eigenvalue weighted by Gasteiger charge is 2.20. The van der Waals surface area contributed by atoms with Gasteiger partial charge in [-0.3, -0.25) is 0 Å². The van der Waals surface area contributed by atoms with Crippen LogP contribution >= 0.6 is 23.2 Å². The second-order valence-corrected chi connectivity index (χ2v) is 5.52. The largest absolute Gasteiger partial charge is 0.327 e. The van der Waals surface area contributed by atoms with Crippen molar-refractivity contribution in [3.63, 3.8) is 0 Å². The van der Waals surface area contributed by atoms with Gasteiger partial charge in [0.25, 0.3) is 0 Å². The van der Waals surface area contributed by atoms with Crippen LogP contribution in [0.1, 0.15) is 18.4 Å². The smallest absolute Gasteiger partial charge is 0.0595 e. The van der Waals surface area contributed by atoms with Gasteiger partial charge in [-0.2, -0.15) is 0 Å². The summed E-state index contributed by atoms with van der Waals surface area (Å²) in [7, 11) is 0. The molecule has 1 heterocycles. The molecule has 0 spiro atoms. The third-order valence-electron chi connectivity index (χ3n) is 3.44. The quantitative estimate of drug-likeness (QED) is 0.888. The van der Waals surface area contributed by atoms with Crippen LogP contribution < -0.4 is 11.1 Å². The first-order valence-electron chi connectivity index (χ1n) is 6.07. The van der Waals surface area contributed by atoms with E-state index >= 15 is 0 Å². The molecule has 0 radical (unpaired) electrons. The summed E-state index contributed by atoms with van der Waals surface area (Å²) in [5, 5.41) is 4.57. The first kappa shape index (κ1) is 13.2. The van der Waals surface area contributed by atoms with Crippen molar-refractivity contribution in [1.29, 1.82) is 0 Å². The molecule has 0 amide bonds. The van der Waals surface area contributed by atoms with Gasteiger partial charge in [-0.15, -0.1) is 0 Å². The number of nitrogens with two attached hydrogens (primary N) is 1. The first-order chi connectivity index (χ1) is 8.16. The molecule has 1 aromatic carbocycles. The van der Waals surface area contributed by atoms with Crippen molar-refractivity contribution >= 4 is 23.2 Å². The normalized spacial score (nSPS) is 19.2. The SMILES string of the molecule is NC(Cc1ccc(Cl)c(Cl)c1)C1CCNCC1. The predicted octanol–water partition coefficient (Wildman–Crippen LogP) is 2.86. The van der Waals surface area contributed by atoms with Crippen LogP contribution in [0.3, 0.4) is 0 Å². The average molecular weight is 273 g/mol. The van der Waals surface area contributed by atoms with Crippen molar-refractivity contribution in [2.45, 2.75) is 25.3 Å². The third kappa shape index (κ3) is 3.59. The monoisotopic (exact) mass is 272 g/mol. The van der Waals surface area contributed by atoms with Crippen LogP contribution in [0.4, 0.5) is 0 Å². The molecule has 0 saturated carbocycles. The summed E-state index contributed by atoms with van der Waals surface area (Å²) < 4.78 is 0. The van der Waals surface area contributed by atoms with E-state index in [0.717, 1.165) is 19.5 Å². The number of piperidine rings is 1. The Morgan fingerprint density at radius 1 is 1.24 bits per heavy atom. The first-order valence-corrected chi connectivity index (χ1v) is 6.82. The molecule has 0 bridgehead atoms. The lowest BCUT2D eigenvalue weighted by Gasteiger charge is -2.28. The molecule has 1 unspecified atom stereocenters. The number of hydrogen-bond acceptors (Lipinski definition) is 2. The second-order valence-electron chi connectivity index (χ2n) is 4.70. The van der Waals surface area contributed by atoms with Gasteiger partial charge >= 0.3 is 0 Å². The van der Waals surface area contributed by atoms with Crippen LogP contribution in [-0.4, -0.2) is 19.1 Å². The van der Waals surface area contributed by atoms with E-state index in [1.54, 1.807) is 0 Å². The second kappa shape index (κ2) is 6.05. The Morgan fingerprint density at radius 2 is 1.94 bits per heavy atom. The predicted molar refractivity (Wildman–Crippen MR) is 73.7 cm³/mol. The van der Waals surface area contributed by atoms with Gasteiger partial charge in [0.05, 0.1) is 10.0 Å². The van der Waals surface area contributed by atoms with Gasteiger partial charge in [0.2, 0.25) is 0 Å². The van der Waals surface area contributed by atoms with E-state index in [4.69, 9.17) is 28.9 Å². The summed E-state index contributed by atoms with van der Waals surface area (Å²) in [6.45, 7) is 2.17. The van der Waals surface area contributed by atoms with Crippen LogP contribution in [0.25, 0.3) is 0 Å². The number of hydrogen-bond donors (Lipinski definition) is 2. The van der Waals surface area contributed by atoms with Crippen molar-refractivity contribution in [3.8, 4) is 0 Å². The lowest BCUT2D eigenvalue weighted by molar-refractivity contribution is 0.316. The molecule has 4 heteroatoms. The van der Waals surface area contributed by atoms with Gasteiger partial charge in [0.15, 0.2) is 0 Å². The van der Waals surface area contributed by atoms with Crippen molar-refractivity contribution < 1.29 is 0 Å². The van der Waals surface area contributed by atoms with Crippen molar-refractivity contribution in [3.05, 3.63) is 33.8 Å². The molecule has 1 saturated heterocycles. The van der Waals surface area contributed by atoms with Crippen molar-refractivity contribution in [2.24, 2.45) is 11.7 Å². The Labute approximate surface area is 112 Å². The van der Waals surface area contributed by atoms with E-state index in [1.165, 1.54) is 18.4 Å². The maximum atomic E-state index is 6.26. The molecule has 1 atom stereocenters. The summed E-state index contributed by atoms with van der Waals surface area (Å²) in [5.74, 6) is 0.616. The summed E-state index contributed by atoms with van der Waals surface area (Å²) in [5.41, 5.74) is 7.44. The van der Waals surface area contributed by atoms with E-state index in [0.29, 0.717) is 16.0 Å². The molecule has 0 aromatic heterocycles. The summed E-state index contributed by atoms with van der Waals surface area (Å²) >= 11 is 11.9. The molecule has 94 valence electrons. The maximum Gasteiger partial charge on any atom is 0.0595 e. The molecule has 1 aliphatic rings. The van der Waals surface area contributed by atoms with Gasteiger partial charge in [-0.1, -0.05) is 29.3 Å². The summed E-state index contributed by atoms with van der Waals surface area (Å²) in [6.07, 6.45) is 3.21. The highest BCUT2D eigenvalue weighted by molar-refractivity contribution is 6.42. The topological polar surface area (TPSA) is 38.0 Å². The molecule has 17 heavy (non-hydrogen) atoms. The van der Waals surface area contributed by atoms with Gasteiger partial charge < -0.3 is 11.1 Å².